The van der Waals surface area contributed by atoms with E-state index in [1.165, 1.54) is 6.08 Å². The number of ether oxygens (including phenoxy) is 4. The molecular weight excluding hydrogens is 380 g/mol. The average molecular weight is 404 g/mol. The van der Waals surface area contributed by atoms with Crippen molar-refractivity contribution in [3.63, 3.8) is 0 Å². The van der Waals surface area contributed by atoms with Crippen LogP contribution in [0.3, 0.4) is 0 Å². The second-order valence-corrected chi connectivity index (χ2v) is 6.43. The van der Waals surface area contributed by atoms with Crippen LogP contribution < -0.4 is 14.2 Å². The third-order valence-electron chi connectivity index (χ3n) is 4.54. The van der Waals surface area contributed by atoms with Gasteiger partial charge in [-0.1, -0.05) is 60.7 Å². The first-order valence-corrected chi connectivity index (χ1v) is 9.45. The fourth-order valence-electron chi connectivity index (χ4n) is 3.10. The maximum atomic E-state index is 12.6. The Morgan fingerprint density at radius 2 is 1.27 bits per heavy atom. The second kappa shape index (κ2) is 10.2. The van der Waals surface area contributed by atoms with Crippen molar-refractivity contribution in [2.75, 3.05) is 21.3 Å². The topological polar surface area (TPSA) is 54.0 Å². The highest BCUT2D eigenvalue weighted by Crippen LogP contribution is 2.38. The summed E-state index contributed by atoms with van der Waals surface area (Å²) in [5, 5.41) is 0. The molecule has 0 aliphatic heterocycles. The van der Waals surface area contributed by atoms with Crippen molar-refractivity contribution >= 4 is 12.0 Å². The highest BCUT2D eigenvalue weighted by atomic mass is 16.5. The summed E-state index contributed by atoms with van der Waals surface area (Å²) in [6.45, 7) is 0. The molecule has 3 aromatic rings. The summed E-state index contributed by atoms with van der Waals surface area (Å²) < 4.78 is 21.8. The summed E-state index contributed by atoms with van der Waals surface area (Å²) in [4.78, 5) is 12.6. The van der Waals surface area contributed by atoms with Crippen LogP contribution in [-0.2, 0) is 9.53 Å². The number of benzene rings is 3. The normalized spacial score (nSPS) is 10.8. The number of hydrogen-bond acceptors (Lipinski definition) is 5. The molecule has 5 heteroatoms. The van der Waals surface area contributed by atoms with E-state index in [-0.39, 0.29) is 0 Å². The number of esters is 1. The van der Waals surface area contributed by atoms with E-state index in [2.05, 4.69) is 0 Å². The fourth-order valence-corrected chi connectivity index (χ4v) is 3.10. The molecule has 3 aromatic carbocycles. The first-order valence-electron chi connectivity index (χ1n) is 9.45. The Morgan fingerprint density at radius 1 is 0.767 bits per heavy atom. The number of carbonyl (C=O) groups excluding carboxylic acids is 1. The van der Waals surface area contributed by atoms with Crippen molar-refractivity contribution in [2.45, 2.75) is 6.10 Å². The quantitative estimate of drug-likeness (QED) is 0.388. The molecule has 5 nitrogen and oxygen atoms in total. The van der Waals surface area contributed by atoms with Crippen LogP contribution >= 0.6 is 0 Å². The van der Waals surface area contributed by atoms with E-state index in [1.807, 2.05) is 60.7 Å². The molecule has 0 saturated heterocycles. The van der Waals surface area contributed by atoms with E-state index in [0.29, 0.717) is 17.2 Å². The molecule has 0 aromatic heterocycles. The van der Waals surface area contributed by atoms with Crippen LogP contribution in [0.2, 0.25) is 0 Å². The summed E-state index contributed by atoms with van der Waals surface area (Å²) in [5.74, 6) is 1.06. The zero-order valence-electron chi connectivity index (χ0n) is 17.2. The largest absolute Gasteiger partial charge is 0.493 e. The van der Waals surface area contributed by atoms with Gasteiger partial charge >= 0.3 is 5.97 Å². The van der Waals surface area contributed by atoms with Gasteiger partial charge in [-0.25, -0.2) is 4.79 Å². The first kappa shape index (κ1) is 21.0. The van der Waals surface area contributed by atoms with Crippen LogP contribution in [0.1, 0.15) is 22.8 Å². The molecule has 0 N–H and O–H groups in total. The van der Waals surface area contributed by atoms with Gasteiger partial charge in [-0.05, 0) is 34.9 Å². The number of carbonyl (C=O) groups is 1. The SMILES string of the molecule is COc1cc(/C=C/C(=O)OC(c2ccccc2)c2ccccc2)cc(OC)c1OC. The van der Waals surface area contributed by atoms with E-state index in [9.17, 15) is 4.79 Å². The average Bonchev–Trinajstić information content (AvgIpc) is 2.81. The van der Waals surface area contributed by atoms with Crippen molar-refractivity contribution in [2.24, 2.45) is 0 Å². The Morgan fingerprint density at radius 3 is 1.70 bits per heavy atom. The molecule has 154 valence electrons. The molecule has 0 bridgehead atoms. The smallest absolute Gasteiger partial charge is 0.331 e. The summed E-state index contributed by atoms with van der Waals surface area (Å²) in [7, 11) is 4.63. The van der Waals surface area contributed by atoms with Gasteiger partial charge in [0.1, 0.15) is 0 Å². The molecule has 0 aliphatic carbocycles. The Hall–Kier alpha value is -3.73. The minimum atomic E-state index is -0.496. The lowest BCUT2D eigenvalue weighted by atomic mass is 10.0. The zero-order valence-corrected chi connectivity index (χ0v) is 17.2. The molecule has 0 spiro atoms. The lowest BCUT2D eigenvalue weighted by Crippen LogP contribution is -2.10. The molecule has 30 heavy (non-hydrogen) atoms. The predicted octanol–water partition coefficient (Wildman–Crippen LogP) is 5.06. The lowest BCUT2D eigenvalue weighted by Gasteiger charge is -2.18. The third-order valence-corrected chi connectivity index (χ3v) is 4.54. The Labute approximate surface area is 176 Å². The van der Waals surface area contributed by atoms with E-state index in [4.69, 9.17) is 18.9 Å². The molecule has 0 unspecified atom stereocenters. The summed E-state index contributed by atoms with van der Waals surface area (Å²) in [5.41, 5.74) is 2.52. The molecule has 0 fully saturated rings. The Balaban J connectivity index is 1.83. The van der Waals surface area contributed by atoms with Crippen molar-refractivity contribution in [1.82, 2.24) is 0 Å². The van der Waals surface area contributed by atoms with Gasteiger partial charge in [0.25, 0.3) is 0 Å². The number of hydrogen-bond donors (Lipinski definition) is 0. The van der Waals surface area contributed by atoms with E-state index >= 15 is 0 Å². The summed E-state index contributed by atoms with van der Waals surface area (Å²) >= 11 is 0. The van der Waals surface area contributed by atoms with Crippen molar-refractivity contribution in [3.05, 3.63) is 95.6 Å². The minimum Gasteiger partial charge on any atom is -0.493 e. The summed E-state index contributed by atoms with van der Waals surface area (Å²) in [6.07, 6.45) is 2.55. The van der Waals surface area contributed by atoms with Gasteiger partial charge in [0.15, 0.2) is 17.6 Å². The Bertz CT molecular complexity index is 932. The fraction of sp³-hybridized carbons (Fsp3) is 0.160. The minimum absolute atomic E-state index is 0.457. The maximum Gasteiger partial charge on any atom is 0.331 e. The predicted molar refractivity (Wildman–Crippen MR) is 116 cm³/mol. The highest BCUT2D eigenvalue weighted by Gasteiger charge is 2.18. The van der Waals surface area contributed by atoms with Gasteiger partial charge in [0.05, 0.1) is 21.3 Å². The molecule has 0 radical (unpaired) electrons. The molecule has 0 atom stereocenters. The number of methoxy groups -OCH3 is 3. The summed E-state index contributed by atoms with van der Waals surface area (Å²) in [6, 6.07) is 22.8. The van der Waals surface area contributed by atoms with Gasteiger partial charge < -0.3 is 18.9 Å². The molecule has 0 aliphatic rings. The van der Waals surface area contributed by atoms with Crippen LogP contribution in [0.25, 0.3) is 6.08 Å². The van der Waals surface area contributed by atoms with Crippen LogP contribution in [0, 0.1) is 0 Å². The van der Waals surface area contributed by atoms with Crippen molar-refractivity contribution < 1.29 is 23.7 Å². The van der Waals surface area contributed by atoms with Gasteiger partial charge in [0, 0.05) is 6.08 Å². The monoisotopic (exact) mass is 404 g/mol. The van der Waals surface area contributed by atoms with Crippen molar-refractivity contribution in [1.29, 1.82) is 0 Å². The molecular formula is C25H24O5. The van der Waals surface area contributed by atoms with Gasteiger partial charge in [-0.3, -0.25) is 0 Å². The van der Waals surface area contributed by atoms with Crippen molar-refractivity contribution in [3.8, 4) is 17.2 Å². The van der Waals surface area contributed by atoms with Crippen LogP contribution in [0.5, 0.6) is 17.2 Å². The van der Waals surface area contributed by atoms with E-state index in [0.717, 1.165) is 16.7 Å². The highest BCUT2D eigenvalue weighted by molar-refractivity contribution is 5.87. The first-order chi connectivity index (χ1) is 14.7. The van der Waals surface area contributed by atoms with E-state index < -0.39 is 12.1 Å². The molecule has 0 saturated carbocycles. The third kappa shape index (κ3) is 5.00. The zero-order chi connectivity index (χ0) is 21.3. The van der Waals surface area contributed by atoms with Crippen LogP contribution in [0.15, 0.2) is 78.9 Å². The van der Waals surface area contributed by atoms with Gasteiger partial charge in [-0.15, -0.1) is 0 Å². The number of rotatable bonds is 8. The second-order valence-electron chi connectivity index (χ2n) is 6.43. The van der Waals surface area contributed by atoms with Gasteiger partial charge in [-0.2, -0.15) is 0 Å². The lowest BCUT2D eigenvalue weighted by molar-refractivity contribution is -0.141. The van der Waals surface area contributed by atoms with E-state index in [1.54, 1.807) is 39.5 Å². The maximum absolute atomic E-state index is 12.6. The standard InChI is InChI=1S/C25H24O5/c1-27-21-16-18(17-22(28-2)25(21)29-3)14-15-23(26)30-24(19-10-6-4-7-11-19)20-12-8-5-9-13-20/h4-17,24H,1-3H3/b15-14+. The Kier molecular flexibility index (Phi) is 7.11. The van der Waals surface area contributed by atoms with Gasteiger partial charge in [0.2, 0.25) is 5.75 Å². The molecule has 3 rings (SSSR count). The molecule has 0 amide bonds. The van der Waals surface area contributed by atoms with Crippen LogP contribution in [0.4, 0.5) is 0 Å². The molecule has 0 heterocycles. The van der Waals surface area contributed by atoms with Crippen LogP contribution in [-0.4, -0.2) is 27.3 Å².